The fraction of sp³-hybridized carbons (Fsp3) is 0.769. The quantitative estimate of drug-likeness (QED) is 0.689. The van der Waals surface area contributed by atoms with E-state index in [1.807, 2.05) is 0 Å². The van der Waals surface area contributed by atoms with Gasteiger partial charge in [0.25, 0.3) is 0 Å². The molecule has 0 aromatic heterocycles. The van der Waals surface area contributed by atoms with Crippen LogP contribution in [-0.4, -0.2) is 21.8 Å². The molecule has 96 valence electrons. The first-order chi connectivity index (χ1) is 7.25. The first kappa shape index (κ1) is 17.6. The first-order valence-corrected chi connectivity index (χ1v) is 5.83. The number of hydrogen-bond acceptors (Lipinski definition) is 2. The molecule has 0 amide bonds. The van der Waals surface area contributed by atoms with E-state index in [1.54, 1.807) is 19.9 Å². The van der Waals surface area contributed by atoms with Crippen LogP contribution in [0.25, 0.3) is 0 Å². The lowest BCUT2D eigenvalue weighted by Crippen LogP contribution is -2.19. The predicted molar refractivity (Wildman–Crippen MR) is 67.4 cm³/mol. The third-order valence-electron chi connectivity index (χ3n) is 2.21. The van der Waals surface area contributed by atoms with Crippen LogP contribution in [0, 0.1) is 5.92 Å². The van der Waals surface area contributed by atoms with Gasteiger partial charge in [0, 0.05) is 6.42 Å². The van der Waals surface area contributed by atoms with Crippen LogP contribution >= 0.6 is 0 Å². The van der Waals surface area contributed by atoms with Crippen LogP contribution in [0.5, 0.6) is 0 Å². The Balaban J connectivity index is 0. The Morgan fingerprint density at radius 1 is 1.50 bits per heavy atom. The zero-order valence-electron chi connectivity index (χ0n) is 11.0. The number of carboxylic acid groups (broad SMARTS) is 1. The monoisotopic (exact) mass is 230 g/mol. The Morgan fingerprint density at radius 2 is 1.94 bits per heavy atom. The van der Waals surface area contributed by atoms with Crippen molar-refractivity contribution in [1.82, 2.24) is 0 Å². The second-order valence-corrected chi connectivity index (χ2v) is 4.59. The van der Waals surface area contributed by atoms with E-state index in [0.29, 0.717) is 0 Å². The van der Waals surface area contributed by atoms with Gasteiger partial charge in [0.2, 0.25) is 0 Å². The molecule has 3 nitrogen and oxygen atoms in total. The summed E-state index contributed by atoms with van der Waals surface area (Å²) in [6.45, 7) is 11.4. The molecule has 0 aliphatic rings. The maximum atomic E-state index is 9.52. The molecule has 0 rings (SSSR count). The topological polar surface area (TPSA) is 57.5 Å². The van der Waals surface area contributed by atoms with Crippen LogP contribution in [0.4, 0.5) is 0 Å². The van der Waals surface area contributed by atoms with E-state index >= 15 is 0 Å². The minimum absolute atomic E-state index is 0.222. The molecule has 3 heteroatoms. The van der Waals surface area contributed by atoms with E-state index in [9.17, 15) is 9.90 Å². The van der Waals surface area contributed by atoms with Gasteiger partial charge < -0.3 is 10.2 Å². The van der Waals surface area contributed by atoms with Crippen LogP contribution in [0.1, 0.15) is 53.4 Å². The van der Waals surface area contributed by atoms with Gasteiger partial charge >= 0.3 is 5.97 Å². The van der Waals surface area contributed by atoms with Gasteiger partial charge in [-0.25, -0.2) is 0 Å². The summed E-state index contributed by atoms with van der Waals surface area (Å²) in [7, 11) is 0. The number of rotatable bonds is 6. The van der Waals surface area contributed by atoms with Crippen molar-refractivity contribution in [3.8, 4) is 0 Å². The van der Waals surface area contributed by atoms with Crippen LogP contribution in [0.3, 0.4) is 0 Å². The predicted octanol–water partition coefficient (Wildman–Crippen LogP) is 3.23. The van der Waals surface area contributed by atoms with Gasteiger partial charge in [-0.2, -0.15) is 0 Å². The van der Waals surface area contributed by atoms with Crippen LogP contribution in [0.2, 0.25) is 0 Å². The third kappa shape index (κ3) is 15.6. The maximum Gasteiger partial charge on any atom is 0.303 e. The summed E-state index contributed by atoms with van der Waals surface area (Å²) in [6, 6.07) is 0. The molecule has 0 heterocycles. The Labute approximate surface area is 99.2 Å². The lowest BCUT2D eigenvalue weighted by molar-refractivity contribution is -0.136. The Bertz CT molecular complexity index is 195. The molecule has 0 saturated heterocycles. The van der Waals surface area contributed by atoms with Crippen molar-refractivity contribution in [1.29, 1.82) is 0 Å². The van der Waals surface area contributed by atoms with Gasteiger partial charge in [0.1, 0.15) is 0 Å². The summed E-state index contributed by atoms with van der Waals surface area (Å²) in [5, 5.41) is 17.2. The number of carboxylic acids is 1. The van der Waals surface area contributed by atoms with Crippen molar-refractivity contribution in [2.75, 3.05) is 0 Å². The largest absolute Gasteiger partial charge is 0.481 e. The number of carbonyl (C=O) groups is 1. The average molecular weight is 230 g/mol. The van der Waals surface area contributed by atoms with Crippen molar-refractivity contribution < 1.29 is 15.0 Å². The van der Waals surface area contributed by atoms with Gasteiger partial charge in [0.05, 0.1) is 5.60 Å². The van der Waals surface area contributed by atoms with Crippen molar-refractivity contribution in [3.63, 3.8) is 0 Å². The Hall–Kier alpha value is -0.830. The molecular formula is C13H26O3. The molecule has 0 spiro atoms. The molecule has 2 N–H and O–H groups in total. The number of aliphatic hydroxyl groups is 1. The lowest BCUT2D eigenvalue weighted by atomic mass is 9.96. The van der Waals surface area contributed by atoms with E-state index in [-0.39, 0.29) is 6.42 Å². The lowest BCUT2D eigenvalue weighted by Gasteiger charge is -2.18. The van der Waals surface area contributed by atoms with Crippen LogP contribution in [0.15, 0.2) is 12.7 Å². The fourth-order valence-corrected chi connectivity index (χ4v) is 0.970. The second kappa shape index (κ2) is 9.40. The van der Waals surface area contributed by atoms with Crippen molar-refractivity contribution in [3.05, 3.63) is 12.7 Å². The molecule has 0 bridgehead atoms. The molecule has 0 saturated carbocycles. The van der Waals surface area contributed by atoms with E-state index in [2.05, 4.69) is 20.4 Å². The summed E-state index contributed by atoms with van der Waals surface area (Å²) >= 11 is 0. The van der Waals surface area contributed by atoms with Crippen LogP contribution < -0.4 is 0 Å². The first-order valence-electron chi connectivity index (χ1n) is 5.83. The highest BCUT2D eigenvalue weighted by molar-refractivity contribution is 5.66. The zero-order valence-corrected chi connectivity index (χ0v) is 11.0. The standard InChI is InChI=1S/C10H20O.C3H6O2/c1-5-10(4,11)8-6-7-9(2)3;1-2-3(4)5/h5,9,11H,1,6-8H2,2-4H3;2H2,1H3,(H,4,5). The maximum absolute atomic E-state index is 9.52. The van der Waals surface area contributed by atoms with Crippen LogP contribution in [-0.2, 0) is 4.79 Å². The summed E-state index contributed by atoms with van der Waals surface area (Å²) < 4.78 is 0. The highest BCUT2D eigenvalue weighted by Crippen LogP contribution is 2.16. The summed E-state index contributed by atoms with van der Waals surface area (Å²) in [4.78, 5) is 9.37. The highest BCUT2D eigenvalue weighted by Gasteiger charge is 2.14. The number of aliphatic carboxylic acids is 1. The van der Waals surface area contributed by atoms with E-state index in [0.717, 1.165) is 18.8 Å². The minimum Gasteiger partial charge on any atom is -0.481 e. The summed E-state index contributed by atoms with van der Waals surface area (Å²) in [5.74, 6) is -0.0133. The molecule has 0 radical (unpaired) electrons. The van der Waals surface area contributed by atoms with Gasteiger partial charge in [-0.1, -0.05) is 39.7 Å². The average Bonchev–Trinajstić information content (AvgIpc) is 2.18. The fourth-order valence-electron chi connectivity index (χ4n) is 0.970. The summed E-state index contributed by atoms with van der Waals surface area (Å²) in [6.07, 6.45) is 4.93. The third-order valence-corrected chi connectivity index (χ3v) is 2.21. The van der Waals surface area contributed by atoms with Gasteiger partial charge in [0.15, 0.2) is 0 Å². The Kier molecular flexibility index (Phi) is 10.3. The smallest absolute Gasteiger partial charge is 0.303 e. The molecule has 1 unspecified atom stereocenters. The van der Waals surface area contributed by atoms with E-state index < -0.39 is 11.6 Å². The Morgan fingerprint density at radius 3 is 2.19 bits per heavy atom. The highest BCUT2D eigenvalue weighted by atomic mass is 16.4. The molecule has 16 heavy (non-hydrogen) atoms. The number of hydrogen-bond donors (Lipinski definition) is 2. The van der Waals surface area contributed by atoms with Crippen molar-refractivity contribution in [2.24, 2.45) is 5.92 Å². The SMILES string of the molecule is C=CC(C)(O)CCCC(C)C.CCC(=O)O. The van der Waals surface area contributed by atoms with Gasteiger partial charge in [-0.3, -0.25) is 4.79 Å². The molecule has 0 aromatic carbocycles. The molecule has 0 fully saturated rings. The molecule has 0 aromatic rings. The van der Waals surface area contributed by atoms with Gasteiger partial charge in [-0.05, 0) is 19.3 Å². The van der Waals surface area contributed by atoms with Gasteiger partial charge in [-0.15, -0.1) is 6.58 Å². The molecule has 0 aliphatic heterocycles. The molecule has 0 aliphatic carbocycles. The molecular weight excluding hydrogens is 204 g/mol. The second-order valence-electron chi connectivity index (χ2n) is 4.59. The minimum atomic E-state index is -0.745. The van der Waals surface area contributed by atoms with E-state index in [4.69, 9.17) is 5.11 Å². The van der Waals surface area contributed by atoms with Crippen molar-refractivity contribution >= 4 is 5.97 Å². The summed E-state index contributed by atoms with van der Waals surface area (Å²) in [5.41, 5.74) is -0.658. The van der Waals surface area contributed by atoms with Crippen molar-refractivity contribution in [2.45, 2.75) is 59.0 Å². The zero-order chi connectivity index (χ0) is 13.2. The normalized spacial score (nSPS) is 13.6. The van der Waals surface area contributed by atoms with E-state index in [1.165, 1.54) is 6.42 Å². The molecule has 1 atom stereocenters.